The van der Waals surface area contributed by atoms with Gasteiger partial charge in [0.15, 0.2) is 5.96 Å². The predicted molar refractivity (Wildman–Crippen MR) is 98.3 cm³/mol. The lowest BCUT2D eigenvalue weighted by molar-refractivity contribution is -0.128. The van der Waals surface area contributed by atoms with Crippen LogP contribution in [0.15, 0.2) is 29.3 Å². The Morgan fingerprint density at radius 2 is 1.75 bits per heavy atom. The first kappa shape index (κ1) is 19.8. The van der Waals surface area contributed by atoms with Crippen molar-refractivity contribution in [2.45, 2.75) is 27.3 Å². The molecule has 6 nitrogen and oxygen atoms in total. The first-order valence-corrected chi connectivity index (χ1v) is 8.11. The van der Waals surface area contributed by atoms with Crippen LogP contribution < -0.4 is 15.4 Å². The SMILES string of the molecule is CN=C(NCCNC(=O)C(C)(C)C)N(C)Cc1ccc(OC)cc1. The summed E-state index contributed by atoms with van der Waals surface area (Å²) in [5.41, 5.74) is 0.801. The second-order valence-electron chi connectivity index (χ2n) is 6.68. The normalized spacial score (nSPS) is 11.8. The van der Waals surface area contributed by atoms with Crippen LogP contribution in [-0.4, -0.2) is 51.1 Å². The standard InChI is InChI=1S/C18H30N4O2/c1-18(2,3)16(23)20-11-12-21-17(19-4)22(5)13-14-7-9-15(24-6)10-8-14/h7-10H,11-13H2,1-6H3,(H,19,21)(H,20,23). The van der Waals surface area contributed by atoms with Gasteiger partial charge in [-0.2, -0.15) is 0 Å². The molecule has 24 heavy (non-hydrogen) atoms. The summed E-state index contributed by atoms with van der Waals surface area (Å²) in [6.45, 7) is 7.62. The van der Waals surface area contributed by atoms with E-state index in [1.807, 2.05) is 57.0 Å². The Morgan fingerprint density at radius 1 is 1.17 bits per heavy atom. The summed E-state index contributed by atoms with van der Waals surface area (Å²) in [7, 11) is 5.39. The highest BCUT2D eigenvalue weighted by atomic mass is 16.5. The van der Waals surface area contributed by atoms with Crippen LogP contribution in [0.1, 0.15) is 26.3 Å². The maximum atomic E-state index is 11.8. The third kappa shape index (κ3) is 6.48. The topological polar surface area (TPSA) is 66.0 Å². The van der Waals surface area contributed by atoms with Gasteiger partial charge >= 0.3 is 0 Å². The van der Waals surface area contributed by atoms with Crippen LogP contribution in [0.2, 0.25) is 0 Å². The quantitative estimate of drug-likeness (QED) is 0.473. The van der Waals surface area contributed by atoms with Crippen molar-refractivity contribution < 1.29 is 9.53 Å². The van der Waals surface area contributed by atoms with E-state index in [0.29, 0.717) is 13.1 Å². The maximum absolute atomic E-state index is 11.8. The highest BCUT2D eigenvalue weighted by molar-refractivity contribution is 5.81. The number of rotatable bonds is 6. The molecular weight excluding hydrogens is 304 g/mol. The van der Waals surface area contributed by atoms with Crippen LogP contribution in [-0.2, 0) is 11.3 Å². The number of guanidine groups is 1. The molecule has 1 aromatic rings. The molecule has 0 spiro atoms. The van der Waals surface area contributed by atoms with E-state index >= 15 is 0 Å². The molecule has 134 valence electrons. The van der Waals surface area contributed by atoms with Crippen LogP contribution >= 0.6 is 0 Å². The molecule has 0 aliphatic carbocycles. The third-order valence-electron chi connectivity index (χ3n) is 3.53. The van der Waals surface area contributed by atoms with E-state index in [1.165, 1.54) is 5.56 Å². The summed E-state index contributed by atoms with van der Waals surface area (Å²) in [5, 5.41) is 6.17. The van der Waals surface area contributed by atoms with Crippen molar-refractivity contribution in [1.29, 1.82) is 0 Å². The molecule has 0 aromatic heterocycles. The summed E-state index contributed by atoms with van der Waals surface area (Å²) < 4.78 is 5.17. The minimum atomic E-state index is -0.368. The van der Waals surface area contributed by atoms with Gasteiger partial charge in [-0.25, -0.2) is 0 Å². The molecule has 0 radical (unpaired) electrons. The first-order valence-electron chi connectivity index (χ1n) is 8.11. The Hall–Kier alpha value is -2.24. The van der Waals surface area contributed by atoms with Gasteiger partial charge < -0.3 is 20.3 Å². The van der Waals surface area contributed by atoms with Crippen molar-refractivity contribution in [3.8, 4) is 5.75 Å². The smallest absolute Gasteiger partial charge is 0.225 e. The molecule has 1 rings (SSSR count). The maximum Gasteiger partial charge on any atom is 0.225 e. The molecule has 0 fully saturated rings. The molecule has 6 heteroatoms. The second-order valence-corrected chi connectivity index (χ2v) is 6.68. The molecule has 2 N–H and O–H groups in total. The molecule has 0 aliphatic heterocycles. The van der Waals surface area contributed by atoms with E-state index in [1.54, 1.807) is 14.2 Å². The molecule has 0 atom stereocenters. The molecule has 0 unspecified atom stereocenters. The third-order valence-corrected chi connectivity index (χ3v) is 3.53. The summed E-state index contributed by atoms with van der Waals surface area (Å²) in [6.07, 6.45) is 0. The van der Waals surface area contributed by atoms with Gasteiger partial charge in [0.25, 0.3) is 0 Å². The number of nitrogens with one attached hydrogen (secondary N) is 2. The second kappa shape index (κ2) is 9.15. The molecular formula is C18H30N4O2. The van der Waals surface area contributed by atoms with E-state index in [0.717, 1.165) is 18.3 Å². The number of benzene rings is 1. The number of methoxy groups -OCH3 is 1. The van der Waals surface area contributed by atoms with Crippen molar-refractivity contribution in [2.75, 3.05) is 34.3 Å². The number of carbonyl (C=O) groups excluding carboxylic acids is 1. The zero-order valence-corrected chi connectivity index (χ0v) is 15.6. The van der Waals surface area contributed by atoms with Crippen molar-refractivity contribution in [3.05, 3.63) is 29.8 Å². The number of aliphatic imine (C=N–C) groups is 1. The zero-order chi connectivity index (χ0) is 18.2. The largest absolute Gasteiger partial charge is 0.497 e. The monoisotopic (exact) mass is 334 g/mol. The van der Waals surface area contributed by atoms with Crippen molar-refractivity contribution in [2.24, 2.45) is 10.4 Å². The first-order chi connectivity index (χ1) is 11.3. The number of amides is 1. The Labute approximate surface area is 145 Å². The van der Waals surface area contributed by atoms with Crippen LogP contribution in [0.25, 0.3) is 0 Å². The van der Waals surface area contributed by atoms with Gasteiger partial charge in [-0.15, -0.1) is 0 Å². The van der Waals surface area contributed by atoms with E-state index in [9.17, 15) is 4.79 Å². The summed E-state index contributed by atoms with van der Waals surface area (Å²) in [4.78, 5) is 18.1. The van der Waals surface area contributed by atoms with E-state index in [4.69, 9.17) is 4.74 Å². The van der Waals surface area contributed by atoms with E-state index in [2.05, 4.69) is 15.6 Å². The molecule has 1 amide bonds. The van der Waals surface area contributed by atoms with Crippen LogP contribution in [0.3, 0.4) is 0 Å². The van der Waals surface area contributed by atoms with E-state index < -0.39 is 0 Å². The average molecular weight is 334 g/mol. The fraction of sp³-hybridized carbons (Fsp3) is 0.556. The molecule has 0 heterocycles. The number of hydrogen-bond acceptors (Lipinski definition) is 3. The van der Waals surface area contributed by atoms with Gasteiger partial charge in [0, 0.05) is 39.1 Å². The predicted octanol–water partition coefficient (Wildman–Crippen LogP) is 1.86. The van der Waals surface area contributed by atoms with Crippen molar-refractivity contribution >= 4 is 11.9 Å². The average Bonchev–Trinajstić information content (AvgIpc) is 2.54. The van der Waals surface area contributed by atoms with Gasteiger partial charge in [0.05, 0.1) is 7.11 Å². The van der Waals surface area contributed by atoms with Crippen molar-refractivity contribution in [3.63, 3.8) is 0 Å². The fourth-order valence-corrected chi connectivity index (χ4v) is 2.08. The summed E-state index contributed by atoms with van der Waals surface area (Å²) in [5.74, 6) is 1.68. The van der Waals surface area contributed by atoms with Crippen LogP contribution in [0.5, 0.6) is 5.75 Å². The number of carbonyl (C=O) groups is 1. The number of ether oxygens (including phenoxy) is 1. The molecule has 1 aromatic carbocycles. The minimum absolute atomic E-state index is 0.0471. The lowest BCUT2D eigenvalue weighted by atomic mass is 9.96. The summed E-state index contributed by atoms with van der Waals surface area (Å²) in [6, 6.07) is 7.96. The molecule has 0 aliphatic rings. The minimum Gasteiger partial charge on any atom is -0.497 e. The lowest BCUT2D eigenvalue weighted by Gasteiger charge is -2.23. The molecule has 0 saturated heterocycles. The highest BCUT2D eigenvalue weighted by Crippen LogP contribution is 2.13. The lowest BCUT2D eigenvalue weighted by Crippen LogP contribution is -2.43. The zero-order valence-electron chi connectivity index (χ0n) is 15.6. The van der Waals surface area contributed by atoms with E-state index in [-0.39, 0.29) is 11.3 Å². The molecule has 0 saturated carbocycles. The highest BCUT2D eigenvalue weighted by Gasteiger charge is 2.20. The number of hydrogen-bond donors (Lipinski definition) is 2. The van der Waals surface area contributed by atoms with Gasteiger partial charge in [0.2, 0.25) is 5.91 Å². The van der Waals surface area contributed by atoms with Crippen LogP contribution in [0.4, 0.5) is 0 Å². The number of nitrogens with zero attached hydrogens (tertiary/aromatic N) is 2. The van der Waals surface area contributed by atoms with Crippen molar-refractivity contribution in [1.82, 2.24) is 15.5 Å². The van der Waals surface area contributed by atoms with Gasteiger partial charge in [-0.05, 0) is 17.7 Å². The van der Waals surface area contributed by atoms with Gasteiger partial charge in [0.1, 0.15) is 5.75 Å². The summed E-state index contributed by atoms with van der Waals surface area (Å²) >= 11 is 0. The van der Waals surface area contributed by atoms with Crippen LogP contribution in [0, 0.1) is 5.41 Å². The van der Waals surface area contributed by atoms with Gasteiger partial charge in [-0.3, -0.25) is 9.79 Å². The Morgan fingerprint density at radius 3 is 2.25 bits per heavy atom. The Bertz CT molecular complexity index is 547. The Kier molecular flexibility index (Phi) is 7.55. The van der Waals surface area contributed by atoms with Gasteiger partial charge in [-0.1, -0.05) is 32.9 Å². The fourth-order valence-electron chi connectivity index (χ4n) is 2.08. The Balaban J connectivity index is 2.43. The molecule has 0 bridgehead atoms.